The van der Waals surface area contributed by atoms with Gasteiger partial charge in [0.2, 0.25) is 0 Å². The molecule has 27 heavy (non-hydrogen) atoms. The molecule has 4 N–H and O–H groups in total. The Morgan fingerprint density at radius 2 is 2.11 bits per heavy atom. The second-order valence-corrected chi connectivity index (χ2v) is 8.21. The summed E-state index contributed by atoms with van der Waals surface area (Å²) in [5.41, 5.74) is 4.57. The van der Waals surface area contributed by atoms with E-state index in [4.69, 9.17) is 5.41 Å². The standard InChI is InChI=1S/C20H28N6O/c1-11(2)25-19(27)13-9-23-18-17(13)26-15(10-24-18)16(21)12-8-20(3,4)7-6-14(12)22-5/h9-11,21-22H,6-8H2,1-5H3,(H,23,24)(H,25,27). The molecule has 0 radical (unpaired) electrons. The van der Waals surface area contributed by atoms with E-state index >= 15 is 0 Å². The highest BCUT2D eigenvalue weighted by atomic mass is 16.1. The summed E-state index contributed by atoms with van der Waals surface area (Å²) in [6.45, 7) is 8.27. The summed E-state index contributed by atoms with van der Waals surface area (Å²) in [5.74, 6) is -0.192. The van der Waals surface area contributed by atoms with Crippen molar-refractivity contribution in [3.05, 3.63) is 34.9 Å². The molecular formula is C20H28N6O. The Kier molecular flexibility index (Phi) is 5.04. The molecule has 144 valence electrons. The van der Waals surface area contributed by atoms with Gasteiger partial charge in [0.05, 0.1) is 17.5 Å². The van der Waals surface area contributed by atoms with Crippen molar-refractivity contribution < 1.29 is 4.79 Å². The Labute approximate surface area is 159 Å². The minimum absolute atomic E-state index is 0.0321. The van der Waals surface area contributed by atoms with Gasteiger partial charge < -0.3 is 15.6 Å². The second-order valence-electron chi connectivity index (χ2n) is 8.21. The zero-order chi connectivity index (χ0) is 19.8. The number of aromatic amines is 1. The summed E-state index contributed by atoms with van der Waals surface area (Å²) >= 11 is 0. The minimum atomic E-state index is -0.192. The molecule has 1 aliphatic carbocycles. The number of fused-ring (bicyclic) bond motifs is 1. The Morgan fingerprint density at radius 3 is 2.78 bits per heavy atom. The maximum Gasteiger partial charge on any atom is 0.255 e. The molecule has 7 nitrogen and oxygen atoms in total. The third-order valence-corrected chi connectivity index (χ3v) is 4.98. The number of allylic oxidation sites excluding steroid dienone is 2. The molecule has 0 aromatic carbocycles. The first-order valence-electron chi connectivity index (χ1n) is 9.36. The van der Waals surface area contributed by atoms with Crippen LogP contribution in [0.15, 0.2) is 23.7 Å². The number of H-pyrrole nitrogens is 1. The average Bonchev–Trinajstić information content (AvgIpc) is 3.03. The van der Waals surface area contributed by atoms with Gasteiger partial charge in [-0.1, -0.05) is 13.8 Å². The van der Waals surface area contributed by atoms with Gasteiger partial charge >= 0.3 is 0 Å². The van der Waals surface area contributed by atoms with Crippen molar-refractivity contribution >= 4 is 22.8 Å². The van der Waals surface area contributed by atoms with Crippen molar-refractivity contribution in [1.82, 2.24) is 25.6 Å². The Bertz CT molecular complexity index is 922. The molecule has 0 saturated carbocycles. The monoisotopic (exact) mass is 368 g/mol. The highest BCUT2D eigenvalue weighted by Gasteiger charge is 2.30. The summed E-state index contributed by atoms with van der Waals surface area (Å²) in [5, 5.41) is 14.9. The Morgan fingerprint density at radius 1 is 1.37 bits per heavy atom. The molecule has 0 aliphatic heterocycles. The van der Waals surface area contributed by atoms with E-state index in [1.807, 2.05) is 20.9 Å². The molecular weight excluding hydrogens is 340 g/mol. The van der Waals surface area contributed by atoms with Crippen LogP contribution < -0.4 is 10.6 Å². The van der Waals surface area contributed by atoms with E-state index in [2.05, 4.69) is 39.4 Å². The van der Waals surface area contributed by atoms with Crippen LogP contribution in [0.25, 0.3) is 11.2 Å². The van der Waals surface area contributed by atoms with Crippen LogP contribution >= 0.6 is 0 Å². The number of hydrogen-bond donors (Lipinski definition) is 4. The molecule has 0 saturated heterocycles. The van der Waals surface area contributed by atoms with Gasteiger partial charge in [-0.05, 0) is 44.1 Å². The summed E-state index contributed by atoms with van der Waals surface area (Å²) in [4.78, 5) is 24.4. The van der Waals surface area contributed by atoms with Crippen molar-refractivity contribution in [2.45, 2.75) is 53.0 Å². The lowest BCUT2D eigenvalue weighted by Gasteiger charge is -2.33. The molecule has 0 unspecified atom stereocenters. The van der Waals surface area contributed by atoms with Gasteiger partial charge in [0.1, 0.15) is 11.2 Å². The Hall–Kier alpha value is -2.70. The van der Waals surface area contributed by atoms with Gasteiger partial charge in [-0.2, -0.15) is 0 Å². The number of hydrogen-bond acceptors (Lipinski definition) is 5. The molecule has 2 heterocycles. The topological polar surface area (TPSA) is 107 Å². The fourth-order valence-corrected chi connectivity index (χ4v) is 3.48. The first kappa shape index (κ1) is 19.1. The summed E-state index contributed by atoms with van der Waals surface area (Å²) in [7, 11) is 1.90. The van der Waals surface area contributed by atoms with Gasteiger partial charge in [-0.15, -0.1) is 0 Å². The number of amides is 1. The normalized spacial score (nSPS) is 16.7. The highest BCUT2D eigenvalue weighted by Crippen LogP contribution is 2.38. The lowest BCUT2D eigenvalue weighted by molar-refractivity contribution is 0.0944. The molecule has 2 aromatic heterocycles. The maximum atomic E-state index is 12.4. The summed E-state index contributed by atoms with van der Waals surface area (Å²) in [6.07, 6.45) is 6.05. The molecule has 0 bridgehead atoms. The van der Waals surface area contributed by atoms with E-state index in [0.717, 1.165) is 30.5 Å². The Balaban J connectivity index is 2.00. The lowest BCUT2D eigenvalue weighted by Crippen LogP contribution is -2.30. The van der Waals surface area contributed by atoms with E-state index in [9.17, 15) is 4.79 Å². The number of rotatable bonds is 5. The maximum absolute atomic E-state index is 12.4. The molecule has 0 atom stereocenters. The first-order chi connectivity index (χ1) is 12.7. The minimum Gasteiger partial charge on any atom is -0.391 e. The molecule has 0 spiro atoms. The van der Waals surface area contributed by atoms with Gasteiger partial charge in [-0.25, -0.2) is 9.97 Å². The fraction of sp³-hybridized carbons (Fsp3) is 0.500. The van der Waals surface area contributed by atoms with Crippen molar-refractivity contribution in [2.75, 3.05) is 7.05 Å². The number of nitrogens with zero attached hydrogens (tertiary/aromatic N) is 2. The van der Waals surface area contributed by atoms with Crippen LogP contribution in [0.5, 0.6) is 0 Å². The van der Waals surface area contributed by atoms with Gasteiger partial charge in [-0.3, -0.25) is 10.2 Å². The van der Waals surface area contributed by atoms with E-state index in [1.54, 1.807) is 12.4 Å². The van der Waals surface area contributed by atoms with E-state index in [-0.39, 0.29) is 17.4 Å². The predicted molar refractivity (Wildman–Crippen MR) is 107 cm³/mol. The van der Waals surface area contributed by atoms with E-state index in [0.29, 0.717) is 28.1 Å². The van der Waals surface area contributed by atoms with Crippen molar-refractivity contribution in [3.8, 4) is 0 Å². The quantitative estimate of drug-likeness (QED) is 0.608. The van der Waals surface area contributed by atoms with Gasteiger partial charge in [0, 0.05) is 25.0 Å². The molecule has 0 fully saturated rings. The zero-order valence-corrected chi connectivity index (χ0v) is 16.7. The van der Waals surface area contributed by atoms with Crippen LogP contribution in [-0.4, -0.2) is 39.7 Å². The third-order valence-electron chi connectivity index (χ3n) is 4.98. The zero-order valence-electron chi connectivity index (χ0n) is 16.7. The number of carbonyl (C=O) groups excluding carboxylic acids is 1. The molecule has 1 amide bonds. The third kappa shape index (κ3) is 3.86. The van der Waals surface area contributed by atoms with Crippen LogP contribution in [0.3, 0.4) is 0 Å². The van der Waals surface area contributed by atoms with Gasteiger partial charge in [0.15, 0.2) is 5.65 Å². The number of nitrogens with one attached hydrogen (secondary N) is 4. The molecule has 3 rings (SSSR count). The SMILES string of the molecule is CNC1=C(C(=N)c2cnc3[nH]cc(C(=O)NC(C)C)c3n2)CC(C)(C)CC1. The average molecular weight is 368 g/mol. The number of aromatic nitrogens is 3. The van der Waals surface area contributed by atoms with Crippen LogP contribution in [0, 0.1) is 10.8 Å². The van der Waals surface area contributed by atoms with Crippen LogP contribution in [0.4, 0.5) is 0 Å². The van der Waals surface area contributed by atoms with Crippen LogP contribution in [0.1, 0.15) is 63.0 Å². The predicted octanol–water partition coefficient (Wildman–Crippen LogP) is 3.15. The van der Waals surface area contributed by atoms with E-state index in [1.165, 1.54) is 0 Å². The number of carbonyl (C=O) groups is 1. The highest BCUT2D eigenvalue weighted by molar-refractivity contribution is 6.11. The van der Waals surface area contributed by atoms with Crippen molar-refractivity contribution in [3.63, 3.8) is 0 Å². The van der Waals surface area contributed by atoms with E-state index < -0.39 is 0 Å². The summed E-state index contributed by atoms with van der Waals surface area (Å²) < 4.78 is 0. The summed E-state index contributed by atoms with van der Waals surface area (Å²) in [6, 6.07) is 0.0321. The largest absolute Gasteiger partial charge is 0.391 e. The molecule has 2 aromatic rings. The van der Waals surface area contributed by atoms with Crippen molar-refractivity contribution in [1.29, 1.82) is 5.41 Å². The van der Waals surface area contributed by atoms with Crippen molar-refractivity contribution in [2.24, 2.45) is 5.41 Å². The first-order valence-corrected chi connectivity index (χ1v) is 9.36. The molecule has 1 aliphatic rings. The smallest absolute Gasteiger partial charge is 0.255 e. The van der Waals surface area contributed by atoms with Crippen LogP contribution in [0.2, 0.25) is 0 Å². The fourth-order valence-electron chi connectivity index (χ4n) is 3.48. The van der Waals surface area contributed by atoms with Crippen LogP contribution in [-0.2, 0) is 0 Å². The second kappa shape index (κ2) is 7.13. The molecule has 7 heteroatoms. The van der Waals surface area contributed by atoms with Gasteiger partial charge in [0.25, 0.3) is 5.91 Å². The lowest BCUT2D eigenvalue weighted by atomic mass is 9.74.